The zero-order chi connectivity index (χ0) is 14.8. The molecule has 5 heteroatoms. The van der Waals surface area contributed by atoms with E-state index in [9.17, 15) is 14.0 Å². The molecular formula is C15H18FNO3. The average molecular weight is 279 g/mol. The molecular weight excluding hydrogens is 261 g/mol. The number of aliphatic carboxylic acids is 1. The lowest BCUT2D eigenvalue weighted by atomic mass is 9.77. The third-order valence-electron chi connectivity index (χ3n) is 3.99. The minimum Gasteiger partial charge on any atom is -0.480 e. The third kappa shape index (κ3) is 2.66. The SMILES string of the molecule is CC(NC(=O)C1(c2cccc(F)c2)CCCC1)C(=O)O. The topological polar surface area (TPSA) is 66.4 Å². The summed E-state index contributed by atoms with van der Waals surface area (Å²) in [5, 5.41) is 11.4. The molecule has 4 nitrogen and oxygen atoms in total. The average Bonchev–Trinajstić information content (AvgIpc) is 2.89. The van der Waals surface area contributed by atoms with Crippen LogP contribution in [-0.4, -0.2) is 23.0 Å². The van der Waals surface area contributed by atoms with Crippen molar-refractivity contribution in [2.75, 3.05) is 0 Å². The zero-order valence-electron chi connectivity index (χ0n) is 11.4. The maximum atomic E-state index is 13.4. The fraction of sp³-hybridized carbons (Fsp3) is 0.467. The molecule has 0 aliphatic heterocycles. The first-order valence-electron chi connectivity index (χ1n) is 6.75. The minimum atomic E-state index is -1.08. The van der Waals surface area contributed by atoms with E-state index in [-0.39, 0.29) is 11.7 Å². The van der Waals surface area contributed by atoms with E-state index in [1.165, 1.54) is 19.1 Å². The molecule has 1 saturated carbocycles. The summed E-state index contributed by atoms with van der Waals surface area (Å²) < 4.78 is 13.4. The fourth-order valence-electron chi connectivity index (χ4n) is 2.81. The number of carbonyl (C=O) groups is 2. The molecule has 2 rings (SSSR count). The molecule has 1 amide bonds. The lowest BCUT2D eigenvalue weighted by Gasteiger charge is -2.29. The van der Waals surface area contributed by atoms with Crippen LogP contribution in [0, 0.1) is 5.82 Å². The molecule has 1 aromatic carbocycles. The molecule has 0 heterocycles. The molecule has 20 heavy (non-hydrogen) atoms. The van der Waals surface area contributed by atoms with Crippen LogP contribution in [0.5, 0.6) is 0 Å². The van der Waals surface area contributed by atoms with Crippen LogP contribution in [0.4, 0.5) is 4.39 Å². The van der Waals surface area contributed by atoms with E-state index in [4.69, 9.17) is 5.11 Å². The first kappa shape index (κ1) is 14.5. The van der Waals surface area contributed by atoms with Gasteiger partial charge in [-0.1, -0.05) is 25.0 Å². The summed E-state index contributed by atoms with van der Waals surface area (Å²) in [4.78, 5) is 23.4. The summed E-state index contributed by atoms with van der Waals surface area (Å²) >= 11 is 0. The normalized spacial score (nSPS) is 18.5. The van der Waals surface area contributed by atoms with E-state index in [1.807, 2.05) is 0 Å². The second kappa shape index (κ2) is 5.61. The van der Waals surface area contributed by atoms with Crippen LogP contribution < -0.4 is 5.32 Å². The van der Waals surface area contributed by atoms with Gasteiger partial charge in [-0.15, -0.1) is 0 Å². The van der Waals surface area contributed by atoms with Gasteiger partial charge in [-0.25, -0.2) is 4.39 Å². The molecule has 1 aliphatic rings. The van der Waals surface area contributed by atoms with Gasteiger partial charge in [0.15, 0.2) is 0 Å². The minimum absolute atomic E-state index is 0.324. The number of carbonyl (C=O) groups excluding carboxylic acids is 1. The molecule has 1 aromatic rings. The third-order valence-corrected chi connectivity index (χ3v) is 3.99. The van der Waals surface area contributed by atoms with Gasteiger partial charge in [0.25, 0.3) is 0 Å². The monoisotopic (exact) mass is 279 g/mol. The van der Waals surface area contributed by atoms with Crippen LogP contribution in [0.15, 0.2) is 24.3 Å². The number of carboxylic acids is 1. The van der Waals surface area contributed by atoms with E-state index >= 15 is 0 Å². The molecule has 0 aromatic heterocycles. The summed E-state index contributed by atoms with van der Waals surface area (Å²) in [5.41, 5.74) is -0.170. The number of carboxylic acid groups (broad SMARTS) is 1. The van der Waals surface area contributed by atoms with Gasteiger partial charge >= 0.3 is 5.97 Å². The van der Waals surface area contributed by atoms with Crippen LogP contribution in [0.2, 0.25) is 0 Å². The van der Waals surface area contributed by atoms with Crippen LogP contribution in [0.1, 0.15) is 38.2 Å². The maximum Gasteiger partial charge on any atom is 0.325 e. The summed E-state index contributed by atoms with van der Waals surface area (Å²) in [5.74, 6) is -1.78. The van der Waals surface area contributed by atoms with Gasteiger partial charge in [-0.3, -0.25) is 9.59 Å². The lowest BCUT2D eigenvalue weighted by Crippen LogP contribution is -2.48. The molecule has 1 unspecified atom stereocenters. The first-order valence-corrected chi connectivity index (χ1v) is 6.75. The van der Waals surface area contributed by atoms with Crippen molar-refractivity contribution >= 4 is 11.9 Å². The molecule has 2 N–H and O–H groups in total. The Bertz CT molecular complexity index is 524. The van der Waals surface area contributed by atoms with Crippen molar-refractivity contribution in [1.82, 2.24) is 5.32 Å². The van der Waals surface area contributed by atoms with Crippen LogP contribution in [-0.2, 0) is 15.0 Å². The van der Waals surface area contributed by atoms with Crippen molar-refractivity contribution < 1.29 is 19.1 Å². The lowest BCUT2D eigenvalue weighted by molar-refractivity contribution is -0.142. The standard InChI is InChI=1S/C15H18FNO3/c1-10(13(18)19)17-14(20)15(7-2-3-8-15)11-5-4-6-12(16)9-11/h4-6,9-10H,2-3,7-8H2,1H3,(H,17,20)(H,18,19). The summed E-state index contributed by atoms with van der Waals surface area (Å²) in [6.45, 7) is 1.43. The Labute approximate surface area is 117 Å². The smallest absolute Gasteiger partial charge is 0.325 e. The Kier molecular flexibility index (Phi) is 4.06. The van der Waals surface area contributed by atoms with Crippen LogP contribution in [0.25, 0.3) is 0 Å². The van der Waals surface area contributed by atoms with Gasteiger partial charge in [0.05, 0.1) is 5.41 Å². The molecule has 1 aliphatic carbocycles. The molecule has 0 radical (unpaired) electrons. The number of halogens is 1. The Balaban J connectivity index is 2.30. The van der Waals surface area contributed by atoms with E-state index in [0.717, 1.165) is 12.8 Å². The van der Waals surface area contributed by atoms with Crippen LogP contribution in [0.3, 0.4) is 0 Å². The highest BCUT2D eigenvalue weighted by Gasteiger charge is 2.43. The van der Waals surface area contributed by atoms with E-state index in [1.54, 1.807) is 12.1 Å². The summed E-state index contributed by atoms with van der Waals surface area (Å²) in [6.07, 6.45) is 3.00. The molecule has 0 bridgehead atoms. The number of benzene rings is 1. The van der Waals surface area contributed by atoms with Crippen molar-refractivity contribution in [1.29, 1.82) is 0 Å². The van der Waals surface area contributed by atoms with E-state index in [0.29, 0.717) is 18.4 Å². The number of amides is 1. The maximum absolute atomic E-state index is 13.4. The van der Waals surface area contributed by atoms with Gasteiger partial charge in [0, 0.05) is 0 Å². The molecule has 0 spiro atoms. The van der Waals surface area contributed by atoms with Gasteiger partial charge in [0.1, 0.15) is 11.9 Å². The van der Waals surface area contributed by atoms with Crippen molar-refractivity contribution in [3.05, 3.63) is 35.6 Å². The number of hydrogen-bond donors (Lipinski definition) is 2. The summed E-state index contributed by atoms with van der Waals surface area (Å²) in [7, 11) is 0. The second-order valence-corrected chi connectivity index (χ2v) is 5.33. The van der Waals surface area contributed by atoms with Crippen LogP contribution >= 0.6 is 0 Å². The number of nitrogens with one attached hydrogen (secondary N) is 1. The second-order valence-electron chi connectivity index (χ2n) is 5.33. The highest BCUT2D eigenvalue weighted by molar-refractivity contribution is 5.91. The zero-order valence-corrected chi connectivity index (χ0v) is 11.4. The molecule has 1 fully saturated rings. The van der Waals surface area contributed by atoms with Crippen molar-refractivity contribution in [3.63, 3.8) is 0 Å². The fourth-order valence-corrected chi connectivity index (χ4v) is 2.81. The molecule has 1 atom stereocenters. The Morgan fingerprint density at radius 2 is 2.00 bits per heavy atom. The Morgan fingerprint density at radius 3 is 2.55 bits per heavy atom. The predicted molar refractivity (Wildman–Crippen MR) is 71.8 cm³/mol. The number of hydrogen-bond acceptors (Lipinski definition) is 2. The van der Waals surface area contributed by atoms with E-state index in [2.05, 4.69) is 5.32 Å². The Morgan fingerprint density at radius 1 is 1.35 bits per heavy atom. The first-order chi connectivity index (χ1) is 9.45. The summed E-state index contributed by atoms with van der Waals surface area (Å²) in [6, 6.07) is 5.08. The largest absolute Gasteiger partial charge is 0.480 e. The molecule has 0 saturated heterocycles. The van der Waals surface area contributed by atoms with Crippen molar-refractivity contribution in [3.8, 4) is 0 Å². The van der Waals surface area contributed by atoms with E-state index < -0.39 is 17.4 Å². The van der Waals surface area contributed by atoms with Crippen molar-refractivity contribution in [2.45, 2.75) is 44.1 Å². The molecule has 108 valence electrons. The quantitative estimate of drug-likeness (QED) is 0.888. The highest BCUT2D eigenvalue weighted by Crippen LogP contribution is 2.41. The van der Waals surface area contributed by atoms with Gasteiger partial charge in [-0.2, -0.15) is 0 Å². The Hall–Kier alpha value is -1.91. The van der Waals surface area contributed by atoms with Crippen molar-refractivity contribution in [2.24, 2.45) is 0 Å². The highest BCUT2D eigenvalue weighted by atomic mass is 19.1. The van der Waals surface area contributed by atoms with Gasteiger partial charge in [-0.05, 0) is 37.5 Å². The van der Waals surface area contributed by atoms with Gasteiger partial charge in [0.2, 0.25) is 5.91 Å². The van der Waals surface area contributed by atoms with Gasteiger partial charge < -0.3 is 10.4 Å². The number of rotatable bonds is 4. The predicted octanol–water partition coefficient (Wildman–Crippen LogP) is 2.23.